The Labute approximate surface area is 125 Å². The maximum absolute atomic E-state index is 13.1. The Kier molecular flexibility index (Phi) is 3.98. The van der Waals surface area contributed by atoms with Crippen LogP contribution in [0, 0.1) is 5.82 Å². The molecular formula is C17H23FN2O. The van der Waals surface area contributed by atoms with Crippen LogP contribution in [0.25, 0.3) is 0 Å². The first-order valence-corrected chi connectivity index (χ1v) is 7.86. The summed E-state index contributed by atoms with van der Waals surface area (Å²) in [7, 11) is 2.09. The van der Waals surface area contributed by atoms with Crippen molar-refractivity contribution in [2.75, 3.05) is 20.1 Å². The van der Waals surface area contributed by atoms with E-state index in [0.29, 0.717) is 0 Å². The van der Waals surface area contributed by atoms with Crippen molar-refractivity contribution in [3.8, 4) is 0 Å². The molecule has 1 saturated heterocycles. The van der Waals surface area contributed by atoms with Gasteiger partial charge in [0.15, 0.2) is 0 Å². The van der Waals surface area contributed by atoms with Crippen molar-refractivity contribution < 1.29 is 9.18 Å². The molecule has 4 heteroatoms. The number of likely N-dealkylation sites (N-methyl/N-ethyl adjacent to an activating group) is 1. The molecule has 1 atom stereocenters. The van der Waals surface area contributed by atoms with Gasteiger partial charge in [-0.05, 0) is 57.0 Å². The van der Waals surface area contributed by atoms with E-state index in [4.69, 9.17) is 0 Å². The third kappa shape index (κ3) is 2.82. The number of halogens is 1. The van der Waals surface area contributed by atoms with Crippen LogP contribution in [0.3, 0.4) is 0 Å². The Hall–Kier alpha value is -1.42. The molecule has 0 spiro atoms. The first-order valence-electron chi connectivity index (χ1n) is 7.86. The highest BCUT2D eigenvalue weighted by atomic mass is 19.1. The van der Waals surface area contributed by atoms with Gasteiger partial charge < -0.3 is 10.2 Å². The smallest absolute Gasteiger partial charge is 0.230 e. The third-order valence-corrected chi connectivity index (χ3v) is 5.00. The zero-order valence-electron chi connectivity index (χ0n) is 12.6. The number of rotatable bonds is 3. The molecular weight excluding hydrogens is 267 g/mol. The van der Waals surface area contributed by atoms with Crippen molar-refractivity contribution >= 4 is 5.91 Å². The van der Waals surface area contributed by atoms with Crippen molar-refractivity contribution in [3.63, 3.8) is 0 Å². The minimum Gasteiger partial charge on any atom is -0.351 e. The molecule has 1 aliphatic heterocycles. The summed E-state index contributed by atoms with van der Waals surface area (Å²) in [5.74, 6) is -0.122. The topological polar surface area (TPSA) is 32.3 Å². The monoisotopic (exact) mass is 290 g/mol. The lowest BCUT2D eigenvalue weighted by atomic mass is 9.63. The first kappa shape index (κ1) is 14.5. The highest BCUT2D eigenvalue weighted by molar-refractivity contribution is 5.89. The second kappa shape index (κ2) is 5.76. The number of carbonyl (C=O) groups is 1. The molecule has 1 aromatic carbocycles. The van der Waals surface area contributed by atoms with Gasteiger partial charge in [0.2, 0.25) is 5.91 Å². The molecule has 3 rings (SSSR count). The van der Waals surface area contributed by atoms with Gasteiger partial charge in [0.25, 0.3) is 0 Å². The van der Waals surface area contributed by atoms with Gasteiger partial charge in [-0.1, -0.05) is 18.6 Å². The molecule has 1 amide bonds. The van der Waals surface area contributed by atoms with Crippen LogP contribution < -0.4 is 5.32 Å². The quantitative estimate of drug-likeness (QED) is 0.927. The van der Waals surface area contributed by atoms with E-state index in [1.54, 1.807) is 12.1 Å². The molecule has 1 aliphatic carbocycles. The fraction of sp³-hybridized carbons (Fsp3) is 0.588. The number of hydrogen-bond acceptors (Lipinski definition) is 2. The largest absolute Gasteiger partial charge is 0.351 e. The molecule has 1 N–H and O–H groups in total. The van der Waals surface area contributed by atoms with Crippen molar-refractivity contribution in [1.29, 1.82) is 0 Å². The summed E-state index contributed by atoms with van der Waals surface area (Å²) in [5.41, 5.74) is 0.529. The number of nitrogens with one attached hydrogen (secondary N) is 1. The van der Waals surface area contributed by atoms with Gasteiger partial charge in [0.1, 0.15) is 5.82 Å². The average molecular weight is 290 g/mol. The number of hydrogen-bond donors (Lipinski definition) is 1. The Bertz CT molecular complexity index is 510. The summed E-state index contributed by atoms with van der Waals surface area (Å²) in [4.78, 5) is 15.0. The molecule has 0 aromatic heterocycles. The van der Waals surface area contributed by atoms with Crippen LogP contribution in [0.4, 0.5) is 4.39 Å². The van der Waals surface area contributed by atoms with E-state index < -0.39 is 5.41 Å². The normalized spacial score (nSPS) is 25.1. The lowest BCUT2D eigenvalue weighted by Gasteiger charge is -2.42. The Morgan fingerprint density at radius 2 is 2.00 bits per heavy atom. The van der Waals surface area contributed by atoms with Gasteiger partial charge in [-0.2, -0.15) is 0 Å². The molecule has 2 fully saturated rings. The molecule has 3 nitrogen and oxygen atoms in total. The van der Waals surface area contributed by atoms with Gasteiger partial charge >= 0.3 is 0 Å². The van der Waals surface area contributed by atoms with Gasteiger partial charge in [-0.25, -0.2) is 4.39 Å². The van der Waals surface area contributed by atoms with E-state index in [0.717, 1.165) is 50.8 Å². The molecule has 0 radical (unpaired) electrons. The number of amides is 1. The molecule has 0 unspecified atom stereocenters. The van der Waals surface area contributed by atoms with E-state index in [2.05, 4.69) is 17.3 Å². The first-order chi connectivity index (χ1) is 10.1. The predicted octanol–water partition coefficient (Wildman–Crippen LogP) is 2.46. The SMILES string of the molecule is CN1CCC[C@H](NC(=O)C2(c3ccc(F)cc3)CCC2)C1. The summed E-state index contributed by atoms with van der Waals surface area (Å²) in [6.45, 7) is 2.03. The van der Waals surface area contributed by atoms with Crippen LogP contribution in [0.2, 0.25) is 0 Å². The molecule has 1 aromatic rings. The predicted molar refractivity (Wildman–Crippen MR) is 80.6 cm³/mol. The van der Waals surface area contributed by atoms with Crippen LogP contribution in [0.1, 0.15) is 37.7 Å². The second-order valence-corrected chi connectivity index (χ2v) is 6.52. The van der Waals surface area contributed by atoms with Crippen molar-refractivity contribution in [2.24, 2.45) is 0 Å². The fourth-order valence-electron chi connectivity index (χ4n) is 3.55. The van der Waals surface area contributed by atoms with Crippen LogP contribution >= 0.6 is 0 Å². The highest BCUT2D eigenvalue weighted by Crippen LogP contribution is 2.44. The van der Waals surface area contributed by atoms with Gasteiger partial charge in [-0.3, -0.25) is 4.79 Å². The van der Waals surface area contributed by atoms with E-state index in [9.17, 15) is 9.18 Å². The molecule has 1 heterocycles. The maximum Gasteiger partial charge on any atom is 0.230 e. The van der Waals surface area contributed by atoms with Crippen molar-refractivity contribution in [1.82, 2.24) is 10.2 Å². The Balaban J connectivity index is 1.73. The van der Waals surface area contributed by atoms with E-state index >= 15 is 0 Å². The summed E-state index contributed by atoms with van der Waals surface area (Å²) in [5, 5.41) is 3.23. The summed E-state index contributed by atoms with van der Waals surface area (Å²) >= 11 is 0. The third-order valence-electron chi connectivity index (χ3n) is 5.00. The summed E-state index contributed by atoms with van der Waals surface area (Å²) < 4.78 is 13.1. The standard InChI is InChI=1S/C17H23FN2O/c1-20-11-2-4-15(12-20)19-16(21)17(9-3-10-17)13-5-7-14(18)8-6-13/h5-8,15H,2-4,9-12H2,1H3,(H,19,21)/t15-/m0/s1. The van der Waals surface area contributed by atoms with Gasteiger partial charge in [0.05, 0.1) is 5.41 Å². The van der Waals surface area contributed by atoms with Crippen molar-refractivity contribution in [3.05, 3.63) is 35.6 Å². The molecule has 21 heavy (non-hydrogen) atoms. The number of nitrogens with zero attached hydrogens (tertiary/aromatic N) is 1. The summed E-state index contributed by atoms with van der Waals surface area (Å²) in [6, 6.07) is 6.69. The molecule has 2 aliphatic rings. The number of carbonyl (C=O) groups excluding carboxylic acids is 1. The fourth-order valence-corrected chi connectivity index (χ4v) is 3.55. The number of piperidine rings is 1. The lowest BCUT2D eigenvalue weighted by molar-refractivity contribution is -0.131. The van der Waals surface area contributed by atoms with Crippen molar-refractivity contribution in [2.45, 2.75) is 43.6 Å². The summed E-state index contributed by atoms with van der Waals surface area (Å²) in [6.07, 6.45) is 4.98. The number of benzene rings is 1. The minimum atomic E-state index is -0.427. The molecule has 114 valence electrons. The molecule has 0 bridgehead atoms. The Morgan fingerprint density at radius 3 is 2.57 bits per heavy atom. The van der Waals surface area contributed by atoms with E-state index in [1.165, 1.54) is 12.1 Å². The zero-order valence-corrected chi connectivity index (χ0v) is 12.6. The Morgan fingerprint density at radius 1 is 1.29 bits per heavy atom. The zero-order chi connectivity index (χ0) is 14.9. The maximum atomic E-state index is 13.1. The van der Waals surface area contributed by atoms with Crippen LogP contribution in [-0.4, -0.2) is 37.0 Å². The van der Waals surface area contributed by atoms with Gasteiger partial charge in [-0.15, -0.1) is 0 Å². The van der Waals surface area contributed by atoms with E-state index in [-0.39, 0.29) is 17.8 Å². The minimum absolute atomic E-state index is 0.126. The van der Waals surface area contributed by atoms with E-state index in [1.807, 2.05) is 0 Å². The second-order valence-electron chi connectivity index (χ2n) is 6.52. The average Bonchev–Trinajstić information content (AvgIpc) is 2.39. The van der Waals surface area contributed by atoms with Crippen LogP contribution in [-0.2, 0) is 10.2 Å². The van der Waals surface area contributed by atoms with Gasteiger partial charge in [0, 0.05) is 12.6 Å². The van der Waals surface area contributed by atoms with Crippen LogP contribution in [0.15, 0.2) is 24.3 Å². The van der Waals surface area contributed by atoms with Crippen LogP contribution in [0.5, 0.6) is 0 Å². The number of likely N-dealkylation sites (tertiary alicyclic amines) is 1. The lowest BCUT2D eigenvalue weighted by Crippen LogP contribution is -2.55. The highest BCUT2D eigenvalue weighted by Gasteiger charge is 2.46. The molecule has 1 saturated carbocycles.